The number of benzene rings is 1. The summed E-state index contributed by atoms with van der Waals surface area (Å²) >= 11 is 0. The normalized spacial score (nSPS) is 45.7. The van der Waals surface area contributed by atoms with Gasteiger partial charge in [0.1, 0.15) is 30.0 Å². The van der Waals surface area contributed by atoms with E-state index in [2.05, 4.69) is 20.8 Å². The van der Waals surface area contributed by atoms with Crippen LogP contribution in [-0.4, -0.2) is 72.0 Å². The lowest BCUT2D eigenvalue weighted by Crippen LogP contribution is -2.70. The number of fused-ring (bicyclic) bond motifs is 4. The van der Waals surface area contributed by atoms with Crippen LogP contribution in [0.25, 0.3) is 0 Å². The molecule has 9 nitrogen and oxygen atoms in total. The fourth-order valence-electron chi connectivity index (χ4n) is 9.16. The molecular weight excluding hydrogens is 504 g/mol. The predicted molar refractivity (Wildman–Crippen MR) is 134 cm³/mol. The SMILES string of the molecule is COc1cc(CCC(=O)O[C@@H]2[C@@]3(C(C)C)O[C@H]3[C@@H]3O[C@]34[C@]23O[C@H]3C[C@H]2C3=C(CC[C@@]24C)C(=O)OC3)ccc1O. The monoisotopic (exact) mass is 538 g/mol. The second-order valence-electron chi connectivity index (χ2n) is 12.9. The highest BCUT2D eigenvalue weighted by molar-refractivity contribution is 5.92. The van der Waals surface area contributed by atoms with Crippen LogP contribution < -0.4 is 4.74 Å². The number of phenols is 1. The zero-order valence-electron chi connectivity index (χ0n) is 22.7. The summed E-state index contributed by atoms with van der Waals surface area (Å²) in [6.07, 6.45) is 1.87. The second kappa shape index (κ2) is 7.36. The molecule has 0 aromatic heterocycles. The van der Waals surface area contributed by atoms with Gasteiger partial charge in [-0.15, -0.1) is 0 Å². The van der Waals surface area contributed by atoms with Crippen molar-refractivity contribution in [3.63, 3.8) is 0 Å². The minimum absolute atomic E-state index is 0.0605. The molecule has 0 amide bonds. The van der Waals surface area contributed by atoms with Crippen molar-refractivity contribution < 1.29 is 43.1 Å². The zero-order valence-corrected chi connectivity index (χ0v) is 22.7. The first-order chi connectivity index (χ1) is 18.6. The van der Waals surface area contributed by atoms with E-state index in [0.29, 0.717) is 25.2 Å². The molecule has 208 valence electrons. The van der Waals surface area contributed by atoms with Gasteiger partial charge in [0.25, 0.3) is 0 Å². The van der Waals surface area contributed by atoms with Gasteiger partial charge in [-0.3, -0.25) is 4.79 Å². The smallest absolute Gasteiger partial charge is 0.334 e. The standard InChI is InChI=1S/C30H34O9/c1-14(2)28-23(38-28)24-30(39-24)27(3)10-9-16-17(13-35-25(16)33)18(27)12-21-29(30,37-21)26(28)36-22(32)8-6-15-5-7-19(31)20(11-15)34-4/h5,7,11,14,18,21,23-24,26,31H,6,8-10,12-13H2,1-4H3/t18-,21-,23-,24-,26+,27-,28-,29+,30+/m0/s1. The van der Waals surface area contributed by atoms with Gasteiger partial charge in [0.15, 0.2) is 23.2 Å². The van der Waals surface area contributed by atoms with Gasteiger partial charge in [0.05, 0.1) is 13.2 Å². The third-order valence-electron chi connectivity index (χ3n) is 11.2. The fourth-order valence-corrected chi connectivity index (χ4v) is 9.16. The van der Waals surface area contributed by atoms with Crippen molar-refractivity contribution in [1.82, 2.24) is 0 Å². The average molecular weight is 539 g/mol. The van der Waals surface area contributed by atoms with Crippen molar-refractivity contribution in [3.8, 4) is 11.5 Å². The van der Waals surface area contributed by atoms with Gasteiger partial charge in [-0.05, 0) is 60.8 Å². The maximum atomic E-state index is 13.4. The van der Waals surface area contributed by atoms with E-state index < -0.39 is 22.9 Å². The predicted octanol–water partition coefficient (Wildman–Crippen LogP) is 3.00. The number of aromatic hydroxyl groups is 1. The van der Waals surface area contributed by atoms with Gasteiger partial charge in [-0.1, -0.05) is 26.8 Å². The molecule has 3 aliphatic carbocycles. The maximum absolute atomic E-state index is 13.4. The van der Waals surface area contributed by atoms with Gasteiger partial charge < -0.3 is 33.5 Å². The second-order valence-corrected chi connectivity index (χ2v) is 12.9. The first-order valence-electron chi connectivity index (χ1n) is 14.1. The van der Waals surface area contributed by atoms with Crippen LogP contribution in [0, 0.1) is 17.3 Å². The molecule has 0 radical (unpaired) electrons. The average Bonchev–Trinajstić information content (AvgIpc) is 3.82. The van der Waals surface area contributed by atoms with Crippen LogP contribution in [0.2, 0.25) is 0 Å². The number of hydrogen-bond donors (Lipinski definition) is 1. The third-order valence-corrected chi connectivity index (χ3v) is 11.2. The molecule has 1 N–H and O–H groups in total. The Balaban J connectivity index is 1.11. The van der Waals surface area contributed by atoms with Crippen molar-refractivity contribution in [2.24, 2.45) is 17.3 Å². The fraction of sp³-hybridized carbons (Fsp3) is 0.667. The summed E-state index contributed by atoms with van der Waals surface area (Å²) in [5, 5.41) is 9.90. The summed E-state index contributed by atoms with van der Waals surface area (Å²) in [5.41, 5.74) is 0.537. The Morgan fingerprint density at radius 1 is 1.21 bits per heavy atom. The van der Waals surface area contributed by atoms with Crippen LogP contribution in [0.3, 0.4) is 0 Å². The Bertz CT molecular complexity index is 1350. The molecule has 7 aliphatic rings. The zero-order chi connectivity index (χ0) is 27.1. The number of methoxy groups -OCH3 is 1. The number of hydrogen-bond acceptors (Lipinski definition) is 9. The molecule has 39 heavy (non-hydrogen) atoms. The van der Waals surface area contributed by atoms with Crippen LogP contribution in [0.4, 0.5) is 0 Å². The van der Waals surface area contributed by atoms with E-state index in [4.69, 9.17) is 28.4 Å². The van der Waals surface area contributed by atoms with E-state index in [0.717, 1.165) is 29.6 Å². The molecule has 9 atom stereocenters. The Labute approximate surface area is 226 Å². The number of esters is 2. The first kappa shape index (κ1) is 24.2. The highest BCUT2D eigenvalue weighted by Crippen LogP contribution is 2.83. The highest BCUT2D eigenvalue weighted by atomic mass is 16.8. The molecule has 9 heteroatoms. The van der Waals surface area contributed by atoms with Gasteiger partial charge in [-0.25, -0.2) is 4.79 Å². The van der Waals surface area contributed by atoms with E-state index in [-0.39, 0.29) is 59.7 Å². The molecule has 2 saturated carbocycles. The van der Waals surface area contributed by atoms with E-state index in [1.54, 1.807) is 18.2 Å². The summed E-state index contributed by atoms with van der Waals surface area (Å²) in [6.45, 7) is 6.84. The van der Waals surface area contributed by atoms with Gasteiger partial charge >= 0.3 is 11.9 Å². The quantitative estimate of drug-likeness (QED) is 0.431. The number of rotatable bonds is 6. The molecule has 8 rings (SSSR count). The first-order valence-corrected chi connectivity index (χ1v) is 14.1. The summed E-state index contributed by atoms with van der Waals surface area (Å²) in [5.74, 6) is 0.176. The molecule has 1 aromatic carbocycles. The Hall–Kier alpha value is -2.62. The Morgan fingerprint density at radius 3 is 2.79 bits per heavy atom. The molecule has 5 fully saturated rings. The lowest BCUT2D eigenvalue weighted by molar-refractivity contribution is -0.169. The minimum Gasteiger partial charge on any atom is -0.504 e. The number of carbonyl (C=O) groups is 2. The number of phenolic OH excluding ortho intramolecular Hbond substituents is 1. The molecule has 0 bridgehead atoms. The lowest BCUT2D eigenvalue weighted by Gasteiger charge is -2.53. The van der Waals surface area contributed by atoms with E-state index in [1.165, 1.54) is 7.11 Å². The highest BCUT2D eigenvalue weighted by Gasteiger charge is 3.01. The molecule has 2 spiro atoms. The molecule has 4 heterocycles. The number of ether oxygens (including phenoxy) is 6. The van der Waals surface area contributed by atoms with Crippen LogP contribution in [0.5, 0.6) is 11.5 Å². The van der Waals surface area contributed by atoms with E-state index >= 15 is 0 Å². The van der Waals surface area contributed by atoms with Crippen molar-refractivity contribution in [1.29, 1.82) is 0 Å². The van der Waals surface area contributed by atoms with Crippen molar-refractivity contribution in [2.75, 3.05) is 13.7 Å². The van der Waals surface area contributed by atoms with E-state index in [9.17, 15) is 14.7 Å². The topological polar surface area (TPSA) is 120 Å². The number of aryl methyl sites for hydroxylation is 1. The molecule has 0 unspecified atom stereocenters. The van der Waals surface area contributed by atoms with Crippen LogP contribution in [-0.2, 0) is 39.7 Å². The largest absolute Gasteiger partial charge is 0.504 e. The summed E-state index contributed by atoms with van der Waals surface area (Å²) < 4.78 is 37.0. The number of epoxide rings is 3. The minimum atomic E-state index is -0.751. The maximum Gasteiger partial charge on any atom is 0.334 e. The van der Waals surface area contributed by atoms with Gasteiger partial charge in [0.2, 0.25) is 0 Å². The summed E-state index contributed by atoms with van der Waals surface area (Å²) in [7, 11) is 1.50. The van der Waals surface area contributed by atoms with Crippen molar-refractivity contribution in [2.45, 2.75) is 94.1 Å². The van der Waals surface area contributed by atoms with Crippen LogP contribution in [0.1, 0.15) is 52.0 Å². The van der Waals surface area contributed by atoms with Crippen molar-refractivity contribution >= 4 is 11.9 Å². The molecule has 4 aliphatic heterocycles. The molecule has 1 aromatic rings. The van der Waals surface area contributed by atoms with E-state index in [1.807, 2.05) is 0 Å². The van der Waals surface area contributed by atoms with Gasteiger partial charge in [0, 0.05) is 17.4 Å². The van der Waals surface area contributed by atoms with Crippen molar-refractivity contribution in [3.05, 3.63) is 34.9 Å². The lowest BCUT2D eigenvalue weighted by atomic mass is 9.46. The Morgan fingerprint density at radius 2 is 2.03 bits per heavy atom. The number of carbonyl (C=O) groups excluding carboxylic acids is 2. The summed E-state index contributed by atoms with van der Waals surface area (Å²) in [4.78, 5) is 25.8. The third kappa shape index (κ3) is 2.68. The van der Waals surface area contributed by atoms with Crippen LogP contribution >= 0.6 is 0 Å². The molecule has 3 saturated heterocycles. The number of cyclic esters (lactones) is 1. The van der Waals surface area contributed by atoms with Crippen LogP contribution in [0.15, 0.2) is 29.3 Å². The molecular formula is C30H34O9. The van der Waals surface area contributed by atoms with Gasteiger partial charge in [-0.2, -0.15) is 0 Å². The Kier molecular flexibility index (Phi) is 4.57. The summed E-state index contributed by atoms with van der Waals surface area (Å²) in [6, 6.07) is 5.09.